The second kappa shape index (κ2) is 32.4. The molecule has 0 aliphatic rings. The number of nitrogens with one attached hydrogen (secondary N) is 1. The van der Waals surface area contributed by atoms with Gasteiger partial charge in [-0.3, -0.25) is 31.3 Å². The Hall–Kier alpha value is -5.32. The molecule has 0 saturated carbocycles. The molecule has 5 aromatic rings. The minimum atomic E-state index is -0.254. The molecule has 350 valence electrons. The van der Waals surface area contributed by atoms with Gasteiger partial charge in [-0.1, -0.05) is 99.7 Å². The van der Waals surface area contributed by atoms with E-state index in [0.717, 1.165) is 67.2 Å². The van der Waals surface area contributed by atoms with Crippen LogP contribution in [0.15, 0.2) is 89.9 Å². The summed E-state index contributed by atoms with van der Waals surface area (Å²) in [5.74, 6) is 14.9. The minimum Gasteiger partial charge on any atom is -0.466 e. The van der Waals surface area contributed by atoms with Gasteiger partial charge in [0.25, 0.3) is 0 Å². The maximum atomic E-state index is 13.2. The first-order chi connectivity index (χ1) is 28.5. The van der Waals surface area contributed by atoms with Crippen LogP contribution >= 0.6 is 11.8 Å². The normalized spacial score (nSPS) is 10.1. The monoisotopic (exact) mass is 897 g/mol. The Morgan fingerprint density at radius 2 is 1.21 bits per heavy atom. The summed E-state index contributed by atoms with van der Waals surface area (Å²) < 4.78 is 33.1. The standard InChI is InChI=1S/C19H20FN3.C17H18FNS.C6H12O2.C4H10N2O.2CH4.H4N2.H2O/c1-12(2)18-21-22-19(15-8-10-16(20)11-9-15)23(18)17-13(3)6-5-7-14(17)4;1-4-20-17(14-8-10-15(18)11-9-14)19-16-12(2)6-5-7-13(16)3;1-4-8-6(7)5(2)3;1-3(2)4(7)6-5;;;1-2;/h5-12H,1-4H3;5-11H,4H2,1-3H3;5H,4H2,1-3H3;3H,5H2,1-2H3,(H,6,7);2*1H4;1-2H2;1H2. The molecule has 5 rings (SSSR count). The lowest BCUT2D eigenvalue weighted by molar-refractivity contribution is -0.146. The number of para-hydroxylation sites is 2. The first-order valence-corrected chi connectivity index (χ1v) is 20.8. The van der Waals surface area contributed by atoms with Gasteiger partial charge in [-0.2, -0.15) is 0 Å². The SMILES string of the molecule is C.C.CC(C)C(=O)NN.CCOC(=O)C(C)C.CCSC(=Nc1c(C)cccc1C)c1ccc(F)cc1.Cc1cccc(C)c1-n1c(-c2ccc(F)cc2)nnc1C(C)C.NN.O. The summed E-state index contributed by atoms with van der Waals surface area (Å²) >= 11 is 1.68. The van der Waals surface area contributed by atoms with Gasteiger partial charge in [0.05, 0.1) is 23.9 Å². The van der Waals surface area contributed by atoms with Gasteiger partial charge < -0.3 is 10.2 Å². The van der Waals surface area contributed by atoms with Gasteiger partial charge in [0.1, 0.15) is 22.5 Å². The molecular formula is C48H74F2N8O4S. The molecule has 0 unspecified atom stereocenters. The predicted molar refractivity (Wildman–Crippen MR) is 261 cm³/mol. The largest absolute Gasteiger partial charge is 0.466 e. The summed E-state index contributed by atoms with van der Waals surface area (Å²) in [5.41, 5.74) is 10.6. The van der Waals surface area contributed by atoms with Crippen LogP contribution in [-0.4, -0.2) is 49.5 Å². The van der Waals surface area contributed by atoms with E-state index < -0.39 is 0 Å². The number of aryl methyl sites for hydroxylation is 4. The fourth-order valence-electron chi connectivity index (χ4n) is 5.30. The number of aliphatic imine (C=N–C) groups is 1. The molecule has 0 fully saturated rings. The second-order valence-electron chi connectivity index (χ2n) is 14.3. The van der Waals surface area contributed by atoms with Crippen LogP contribution in [0.1, 0.15) is 110 Å². The Morgan fingerprint density at radius 3 is 1.57 bits per heavy atom. The number of esters is 1. The van der Waals surface area contributed by atoms with E-state index in [4.69, 9.17) is 10.8 Å². The number of hydrazine groups is 2. The van der Waals surface area contributed by atoms with Crippen molar-refractivity contribution in [2.45, 2.75) is 104 Å². The summed E-state index contributed by atoms with van der Waals surface area (Å²) in [6, 6.07) is 25.3. The Balaban J connectivity index is -0.000000819. The molecule has 15 heteroatoms. The van der Waals surface area contributed by atoms with Gasteiger partial charge in [0, 0.05) is 23.0 Å². The number of carbonyl (C=O) groups is 2. The van der Waals surface area contributed by atoms with Gasteiger partial charge in [-0.05, 0) is 111 Å². The van der Waals surface area contributed by atoms with E-state index in [1.54, 1.807) is 56.8 Å². The van der Waals surface area contributed by atoms with Crippen molar-refractivity contribution in [3.8, 4) is 17.1 Å². The van der Waals surface area contributed by atoms with E-state index in [-0.39, 0.29) is 61.6 Å². The Kier molecular flexibility index (Phi) is 31.8. The number of hydrogen-bond donors (Lipinski definition) is 4. The fourth-order valence-corrected chi connectivity index (χ4v) is 6.04. The van der Waals surface area contributed by atoms with Crippen LogP contribution in [0.3, 0.4) is 0 Å². The zero-order valence-electron chi connectivity index (χ0n) is 37.6. The van der Waals surface area contributed by atoms with Crippen molar-refractivity contribution in [1.82, 2.24) is 20.2 Å². The number of thioether (sulfide) groups is 1. The maximum absolute atomic E-state index is 13.2. The average molecular weight is 897 g/mol. The molecule has 0 radical (unpaired) electrons. The molecule has 0 spiro atoms. The number of benzene rings is 4. The summed E-state index contributed by atoms with van der Waals surface area (Å²) in [5, 5.41) is 9.71. The van der Waals surface area contributed by atoms with Crippen molar-refractivity contribution in [3.05, 3.63) is 130 Å². The molecule has 9 N–H and O–H groups in total. The van der Waals surface area contributed by atoms with Gasteiger partial charge in [0.15, 0.2) is 5.82 Å². The third kappa shape index (κ3) is 20.2. The fraction of sp³-hybridized carbons (Fsp3) is 0.396. The third-order valence-electron chi connectivity index (χ3n) is 8.42. The lowest BCUT2D eigenvalue weighted by Crippen LogP contribution is -2.33. The number of halogens is 2. The summed E-state index contributed by atoms with van der Waals surface area (Å²) in [6.07, 6.45) is 0. The molecule has 12 nitrogen and oxygen atoms in total. The molecule has 4 aromatic carbocycles. The van der Waals surface area contributed by atoms with Crippen molar-refractivity contribution in [1.29, 1.82) is 0 Å². The molecule has 0 saturated heterocycles. The molecule has 63 heavy (non-hydrogen) atoms. The van der Waals surface area contributed by atoms with Crippen LogP contribution in [0.2, 0.25) is 0 Å². The predicted octanol–water partition coefficient (Wildman–Crippen LogP) is 10.2. The van der Waals surface area contributed by atoms with Crippen molar-refractivity contribution in [2.75, 3.05) is 12.4 Å². The molecular weight excluding hydrogens is 823 g/mol. The van der Waals surface area contributed by atoms with E-state index >= 15 is 0 Å². The number of amides is 1. The number of nitrogens with two attached hydrogens (primary N) is 3. The molecule has 1 amide bonds. The number of ether oxygens (including phenoxy) is 1. The molecule has 0 atom stereocenters. The first kappa shape index (κ1) is 62.0. The van der Waals surface area contributed by atoms with Gasteiger partial charge >= 0.3 is 5.97 Å². The highest BCUT2D eigenvalue weighted by molar-refractivity contribution is 8.14. The van der Waals surface area contributed by atoms with Gasteiger partial charge in [-0.25, -0.2) is 19.6 Å². The van der Waals surface area contributed by atoms with Crippen molar-refractivity contribution in [2.24, 2.45) is 34.4 Å². The van der Waals surface area contributed by atoms with Crippen molar-refractivity contribution < 1.29 is 28.6 Å². The van der Waals surface area contributed by atoms with E-state index in [1.165, 1.54) is 24.3 Å². The smallest absolute Gasteiger partial charge is 0.308 e. The zero-order valence-corrected chi connectivity index (χ0v) is 38.5. The second-order valence-corrected chi connectivity index (χ2v) is 15.5. The van der Waals surface area contributed by atoms with E-state index in [9.17, 15) is 18.4 Å². The first-order valence-electron chi connectivity index (χ1n) is 19.8. The van der Waals surface area contributed by atoms with Gasteiger partial charge in [-0.15, -0.1) is 22.0 Å². The van der Waals surface area contributed by atoms with E-state index in [2.05, 4.69) is 104 Å². The van der Waals surface area contributed by atoms with Crippen molar-refractivity contribution >= 4 is 34.4 Å². The Labute approximate surface area is 379 Å². The topological polar surface area (TPSA) is 208 Å². The maximum Gasteiger partial charge on any atom is 0.308 e. The highest BCUT2D eigenvalue weighted by atomic mass is 32.2. The summed E-state index contributed by atoms with van der Waals surface area (Å²) in [7, 11) is 0. The minimum absolute atomic E-state index is 0. The molecule has 0 aliphatic heterocycles. The van der Waals surface area contributed by atoms with E-state index in [0.29, 0.717) is 6.61 Å². The molecule has 1 aromatic heterocycles. The number of nitrogens with zero attached hydrogens (tertiary/aromatic N) is 4. The Morgan fingerprint density at radius 1 is 0.746 bits per heavy atom. The summed E-state index contributed by atoms with van der Waals surface area (Å²) in [4.78, 5) is 25.6. The van der Waals surface area contributed by atoms with Crippen molar-refractivity contribution in [3.63, 3.8) is 0 Å². The molecule has 0 bridgehead atoms. The van der Waals surface area contributed by atoms with Gasteiger partial charge in [0.2, 0.25) is 5.91 Å². The zero-order chi connectivity index (χ0) is 45.5. The Bertz CT molecular complexity index is 2050. The quantitative estimate of drug-likeness (QED) is 0.0277. The van der Waals surface area contributed by atoms with Crippen LogP contribution < -0.4 is 23.0 Å². The van der Waals surface area contributed by atoms with Crippen LogP contribution in [0.5, 0.6) is 0 Å². The van der Waals surface area contributed by atoms with E-state index in [1.807, 2.05) is 31.4 Å². The lowest BCUT2D eigenvalue weighted by Gasteiger charge is -2.17. The molecule has 1 heterocycles. The van der Waals surface area contributed by atoms with Crippen LogP contribution in [0.4, 0.5) is 14.5 Å². The average Bonchev–Trinajstić information content (AvgIpc) is 3.66. The number of aromatic nitrogens is 3. The highest BCUT2D eigenvalue weighted by Crippen LogP contribution is 2.30. The number of rotatable bonds is 9. The third-order valence-corrected chi connectivity index (χ3v) is 9.31. The van der Waals surface area contributed by atoms with Crippen LogP contribution in [-0.2, 0) is 14.3 Å². The number of hydrogen-bond acceptors (Lipinski definition) is 10. The highest BCUT2D eigenvalue weighted by Gasteiger charge is 2.20. The summed E-state index contributed by atoms with van der Waals surface area (Å²) in [6.45, 7) is 24.1. The number of carbonyl (C=O) groups excluding carboxylic acids is 2. The van der Waals surface area contributed by atoms with Crippen LogP contribution in [0, 0.1) is 51.2 Å². The lowest BCUT2D eigenvalue weighted by atomic mass is 10.1. The van der Waals surface area contributed by atoms with Crippen LogP contribution in [0.25, 0.3) is 17.1 Å². The molecule has 0 aliphatic carbocycles.